The van der Waals surface area contributed by atoms with Crippen LogP contribution in [0.4, 0.5) is 5.69 Å². The van der Waals surface area contributed by atoms with Gasteiger partial charge in [-0.15, -0.1) is 11.3 Å². The van der Waals surface area contributed by atoms with E-state index in [1.807, 2.05) is 0 Å². The van der Waals surface area contributed by atoms with Gasteiger partial charge in [0, 0.05) is 23.1 Å². The molecular weight excluding hydrogens is 294 g/mol. The summed E-state index contributed by atoms with van der Waals surface area (Å²) < 4.78 is 0. The molecule has 0 unspecified atom stereocenters. The van der Waals surface area contributed by atoms with Crippen LogP contribution in [0, 0.1) is 21.4 Å². The van der Waals surface area contributed by atoms with Crippen molar-refractivity contribution in [3.8, 4) is 16.6 Å². The molecule has 1 heterocycles. The number of nitrogens with zero attached hydrogens (tertiary/aromatic N) is 3. The Morgan fingerprint density at radius 1 is 1.52 bits per heavy atom. The Balaban J connectivity index is 2.37. The van der Waals surface area contributed by atoms with Gasteiger partial charge in [-0.2, -0.15) is 5.26 Å². The zero-order valence-corrected chi connectivity index (χ0v) is 11.2. The summed E-state index contributed by atoms with van der Waals surface area (Å²) in [5, 5.41) is 30.3. The van der Waals surface area contributed by atoms with Gasteiger partial charge in [0.2, 0.25) is 0 Å². The number of benzene rings is 1. The first-order valence-electron chi connectivity index (χ1n) is 5.56. The summed E-state index contributed by atoms with van der Waals surface area (Å²) in [5.74, 6) is -1.33. The van der Waals surface area contributed by atoms with Crippen molar-refractivity contribution in [3.63, 3.8) is 0 Å². The zero-order valence-electron chi connectivity index (χ0n) is 10.4. The fourth-order valence-electron chi connectivity index (χ4n) is 1.53. The van der Waals surface area contributed by atoms with Crippen molar-refractivity contribution < 1.29 is 14.8 Å². The van der Waals surface area contributed by atoms with Gasteiger partial charge >= 0.3 is 5.97 Å². The normalized spacial score (nSPS) is 10.9. The van der Waals surface area contributed by atoms with E-state index < -0.39 is 16.5 Å². The number of hydrogen-bond donors (Lipinski definition) is 1. The van der Waals surface area contributed by atoms with Crippen molar-refractivity contribution in [3.05, 3.63) is 51.0 Å². The molecule has 0 aliphatic carbocycles. The molecule has 0 radical (unpaired) electrons. The second kappa shape index (κ2) is 5.94. The minimum absolute atomic E-state index is 0.0527. The van der Waals surface area contributed by atoms with Crippen molar-refractivity contribution in [2.24, 2.45) is 0 Å². The molecular formula is C13H7N3O4S. The van der Waals surface area contributed by atoms with E-state index in [1.54, 1.807) is 23.6 Å². The van der Waals surface area contributed by atoms with Crippen LogP contribution in [-0.4, -0.2) is 21.0 Å². The van der Waals surface area contributed by atoms with E-state index in [1.165, 1.54) is 23.5 Å². The molecule has 7 nitrogen and oxygen atoms in total. The predicted octanol–water partition coefficient (Wildman–Crippen LogP) is 2.71. The quantitative estimate of drug-likeness (QED) is 0.401. The lowest BCUT2D eigenvalue weighted by Gasteiger charge is -1.96. The molecule has 0 saturated heterocycles. The van der Waals surface area contributed by atoms with E-state index >= 15 is 0 Å². The second-order valence-corrected chi connectivity index (χ2v) is 4.72. The van der Waals surface area contributed by atoms with Crippen molar-refractivity contribution in [2.75, 3.05) is 0 Å². The Hall–Kier alpha value is -3.05. The maximum atomic E-state index is 10.7. The number of nitro groups is 1. The summed E-state index contributed by atoms with van der Waals surface area (Å²) in [4.78, 5) is 25.1. The van der Waals surface area contributed by atoms with Crippen LogP contribution in [0.2, 0.25) is 0 Å². The molecule has 1 N–H and O–H groups in total. The van der Waals surface area contributed by atoms with Gasteiger partial charge in [-0.1, -0.05) is 12.1 Å². The number of aliphatic carboxylic acids is 1. The first-order valence-corrected chi connectivity index (χ1v) is 6.44. The lowest BCUT2D eigenvalue weighted by Crippen LogP contribution is -1.97. The monoisotopic (exact) mass is 301 g/mol. The van der Waals surface area contributed by atoms with Crippen LogP contribution >= 0.6 is 11.3 Å². The Morgan fingerprint density at radius 3 is 2.90 bits per heavy atom. The second-order valence-electron chi connectivity index (χ2n) is 3.86. The fraction of sp³-hybridized carbons (Fsp3) is 0. The largest absolute Gasteiger partial charge is 0.477 e. The van der Waals surface area contributed by atoms with Gasteiger partial charge in [-0.25, -0.2) is 9.78 Å². The van der Waals surface area contributed by atoms with Gasteiger partial charge in [0.1, 0.15) is 16.6 Å². The first-order chi connectivity index (χ1) is 10.0. The summed E-state index contributed by atoms with van der Waals surface area (Å²) in [6, 6.07) is 7.53. The van der Waals surface area contributed by atoms with Gasteiger partial charge in [0.25, 0.3) is 5.69 Å². The van der Waals surface area contributed by atoms with Crippen LogP contribution in [0.1, 0.15) is 5.69 Å². The number of aromatic nitrogens is 1. The summed E-state index contributed by atoms with van der Waals surface area (Å²) in [6.07, 6.45) is 1.15. The molecule has 2 aromatic rings. The molecule has 0 spiro atoms. The number of rotatable bonds is 4. The number of carboxylic acids is 1. The molecule has 0 aliphatic heterocycles. The Morgan fingerprint density at radius 2 is 2.29 bits per heavy atom. The highest BCUT2D eigenvalue weighted by atomic mass is 32.1. The molecule has 1 aromatic heterocycles. The average molecular weight is 301 g/mol. The van der Waals surface area contributed by atoms with Crippen LogP contribution < -0.4 is 0 Å². The molecule has 21 heavy (non-hydrogen) atoms. The van der Waals surface area contributed by atoms with Crippen LogP contribution in [0.5, 0.6) is 0 Å². The van der Waals surface area contributed by atoms with Crippen molar-refractivity contribution in [1.29, 1.82) is 5.26 Å². The minimum Gasteiger partial charge on any atom is -0.477 e. The third kappa shape index (κ3) is 3.29. The van der Waals surface area contributed by atoms with Crippen molar-refractivity contribution in [2.45, 2.75) is 0 Å². The third-order valence-electron chi connectivity index (χ3n) is 2.47. The van der Waals surface area contributed by atoms with E-state index in [9.17, 15) is 14.9 Å². The van der Waals surface area contributed by atoms with E-state index in [4.69, 9.17) is 10.4 Å². The maximum Gasteiger partial charge on any atom is 0.346 e. The van der Waals surface area contributed by atoms with Crippen molar-refractivity contribution in [1.82, 2.24) is 4.98 Å². The number of nitriles is 1. The summed E-state index contributed by atoms with van der Waals surface area (Å²) in [7, 11) is 0. The highest BCUT2D eigenvalue weighted by Gasteiger charge is 2.11. The van der Waals surface area contributed by atoms with E-state index in [0.717, 1.165) is 6.08 Å². The number of nitro benzene ring substituents is 1. The smallest absolute Gasteiger partial charge is 0.346 e. The Kier molecular flexibility index (Phi) is 4.06. The number of hydrogen-bond acceptors (Lipinski definition) is 6. The third-order valence-corrected chi connectivity index (χ3v) is 3.38. The Bertz CT molecular complexity index is 789. The fourth-order valence-corrected chi connectivity index (χ4v) is 2.30. The van der Waals surface area contributed by atoms with E-state index in [2.05, 4.69) is 4.98 Å². The molecule has 0 atom stereocenters. The molecule has 0 saturated carbocycles. The maximum absolute atomic E-state index is 10.7. The summed E-state index contributed by atoms with van der Waals surface area (Å²) in [6.45, 7) is 0. The van der Waals surface area contributed by atoms with Gasteiger partial charge in [0.15, 0.2) is 0 Å². The molecule has 0 bridgehead atoms. The Labute approximate surface area is 122 Å². The van der Waals surface area contributed by atoms with Crippen LogP contribution in [0.3, 0.4) is 0 Å². The topological polar surface area (TPSA) is 117 Å². The first kappa shape index (κ1) is 14.4. The van der Waals surface area contributed by atoms with E-state index in [0.29, 0.717) is 16.3 Å². The lowest BCUT2D eigenvalue weighted by atomic mass is 10.2. The average Bonchev–Trinajstić information content (AvgIpc) is 2.93. The number of thiazole rings is 1. The standard InChI is InChI=1S/C13H7N3O4S/c14-6-9(13(17)18)4-10-7-21-12(15-10)8-2-1-3-11(5-8)16(19)20/h1-5,7H,(H,17,18). The van der Waals surface area contributed by atoms with Crippen LogP contribution in [-0.2, 0) is 4.79 Å². The SMILES string of the molecule is N#CC(=Cc1csc(-c2cccc([N+](=O)[O-])c2)n1)C(=O)O. The molecule has 2 rings (SSSR count). The van der Waals surface area contributed by atoms with Crippen LogP contribution in [0.25, 0.3) is 16.6 Å². The molecule has 8 heteroatoms. The number of carbonyl (C=O) groups is 1. The van der Waals surface area contributed by atoms with Gasteiger partial charge < -0.3 is 5.11 Å². The predicted molar refractivity (Wildman–Crippen MR) is 75.4 cm³/mol. The molecule has 0 amide bonds. The summed E-state index contributed by atoms with van der Waals surface area (Å²) in [5.41, 5.74) is 0.400. The molecule has 0 aliphatic rings. The van der Waals surface area contributed by atoms with Gasteiger partial charge in [-0.3, -0.25) is 10.1 Å². The highest BCUT2D eigenvalue weighted by molar-refractivity contribution is 7.13. The van der Waals surface area contributed by atoms with Gasteiger partial charge in [-0.05, 0) is 6.08 Å². The van der Waals surface area contributed by atoms with E-state index in [-0.39, 0.29) is 5.69 Å². The van der Waals surface area contributed by atoms with Crippen LogP contribution in [0.15, 0.2) is 35.2 Å². The molecule has 1 aromatic carbocycles. The summed E-state index contributed by atoms with van der Waals surface area (Å²) >= 11 is 1.21. The minimum atomic E-state index is -1.33. The zero-order chi connectivity index (χ0) is 15.4. The van der Waals surface area contributed by atoms with Crippen molar-refractivity contribution >= 4 is 29.1 Å². The lowest BCUT2D eigenvalue weighted by molar-refractivity contribution is -0.384. The molecule has 0 fully saturated rings. The molecule has 104 valence electrons. The number of carboxylic acid groups (broad SMARTS) is 1. The van der Waals surface area contributed by atoms with Gasteiger partial charge in [0.05, 0.1) is 10.6 Å². The highest BCUT2D eigenvalue weighted by Crippen LogP contribution is 2.27. The number of non-ortho nitro benzene ring substituents is 1.